The van der Waals surface area contributed by atoms with E-state index in [1.54, 1.807) is 12.1 Å². The van der Waals surface area contributed by atoms with Gasteiger partial charge in [0.1, 0.15) is 17.7 Å². The molecule has 2 fully saturated rings. The molecule has 2 aromatic carbocycles. The lowest BCUT2D eigenvalue weighted by Crippen LogP contribution is -2.31. The zero-order valence-electron chi connectivity index (χ0n) is 18.2. The number of amides is 1. The van der Waals surface area contributed by atoms with Crippen LogP contribution in [0.5, 0.6) is 0 Å². The SMILES string of the molecule is CC(=O)CC[C@H]1CN(c2ccc(N3CCON(Cc4ccccc4)CC3)c(F)c2)C(=O)O1. The van der Waals surface area contributed by atoms with E-state index in [0.29, 0.717) is 63.5 Å². The van der Waals surface area contributed by atoms with Gasteiger partial charge in [0.05, 0.1) is 24.5 Å². The average molecular weight is 442 g/mol. The number of anilines is 2. The fourth-order valence-corrected chi connectivity index (χ4v) is 4.01. The van der Waals surface area contributed by atoms with Crippen molar-refractivity contribution in [2.45, 2.75) is 32.4 Å². The van der Waals surface area contributed by atoms with Crippen LogP contribution in [0.3, 0.4) is 0 Å². The van der Waals surface area contributed by atoms with Crippen molar-refractivity contribution in [2.24, 2.45) is 0 Å². The molecule has 0 bridgehead atoms. The highest BCUT2D eigenvalue weighted by molar-refractivity contribution is 5.90. The van der Waals surface area contributed by atoms with E-state index < -0.39 is 6.09 Å². The number of Topliss-reactive ketones (excluding diaryl/α,β-unsaturated/α-hetero) is 1. The van der Waals surface area contributed by atoms with Crippen LogP contribution >= 0.6 is 0 Å². The van der Waals surface area contributed by atoms with Crippen molar-refractivity contribution in [2.75, 3.05) is 42.6 Å². The van der Waals surface area contributed by atoms with Gasteiger partial charge < -0.3 is 14.4 Å². The maximum absolute atomic E-state index is 15.0. The van der Waals surface area contributed by atoms with Crippen molar-refractivity contribution < 1.29 is 23.6 Å². The predicted molar refractivity (Wildman–Crippen MR) is 119 cm³/mol. The Kier molecular flexibility index (Phi) is 7.02. The molecule has 0 saturated carbocycles. The van der Waals surface area contributed by atoms with Crippen molar-refractivity contribution in [3.05, 3.63) is 59.9 Å². The number of hydroxylamine groups is 2. The smallest absolute Gasteiger partial charge is 0.414 e. The third kappa shape index (κ3) is 5.44. The summed E-state index contributed by atoms with van der Waals surface area (Å²) in [4.78, 5) is 32.6. The normalized spacial score (nSPS) is 19.7. The molecule has 0 N–H and O–H groups in total. The van der Waals surface area contributed by atoms with E-state index in [1.807, 2.05) is 28.2 Å². The van der Waals surface area contributed by atoms with E-state index in [0.717, 1.165) is 5.56 Å². The summed E-state index contributed by atoms with van der Waals surface area (Å²) >= 11 is 0. The molecule has 4 rings (SSSR count). The highest BCUT2D eigenvalue weighted by Gasteiger charge is 2.33. The summed E-state index contributed by atoms with van der Waals surface area (Å²) in [6, 6.07) is 14.9. The average Bonchev–Trinajstić information content (AvgIpc) is 3.00. The number of ether oxygens (including phenoxy) is 1. The number of nitrogens with zero attached hydrogens (tertiary/aromatic N) is 3. The highest BCUT2D eigenvalue weighted by atomic mass is 19.1. The third-order valence-corrected chi connectivity index (χ3v) is 5.73. The molecule has 1 amide bonds. The maximum Gasteiger partial charge on any atom is 0.414 e. The molecule has 0 aromatic heterocycles. The van der Waals surface area contributed by atoms with Gasteiger partial charge in [-0.3, -0.25) is 9.74 Å². The number of benzene rings is 2. The lowest BCUT2D eigenvalue weighted by molar-refractivity contribution is -0.154. The van der Waals surface area contributed by atoms with Gasteiger partial charge in [0.15, 0.2) is 0 Å². The minimum absolute atomic E-state index is 0.0543. The molecule has 2 heterocycles. The second-order valence-electron chi connectivity index (χ2n) is 8.16. The minimum atomic E-state index is -0.509. The van der Waals surface area contributed by atoms with Gasteiger partial charge >= 0.3 is 6.09 Å². The summed E-state index contributed by atoms with van der Waals surface area (Å²) < 4.78 is 20.3. The zero-order chi connectivity index (χ0) is 22.5. The van der Waals surface area contributed by atoms with Crippen LogP contribution in [0.15, 0.2) is 48.5 Å². The molecule has 8 heteroatoms. The van der Waals surface area contributed by atoms with Crippen molar-refractivity contribution in [1.29, 1.82) is 0 Å². The first-order chi connectivity index (χ1) is 15.5. The number of hydrogen-bond donors (Lipinski definition) is 0. The molecule has 0 unspecified atom stereocenters. The van der Waals surface area contributed by atoms with Gasteiger partial charge in [-0.05, 0) is 37.1 Å². The Hall–Kier alpha value is -2.97. The first-order valence-electron chi connectivity index (χ1n) is 10.9. The molecule has 32 heavy (non-hydrogen) atoms. The zero-order valence-corrected chi connectivity index (χ0v) is 18.2. The molecule has 170 valence electrons. The van der Waals surface area contributed by atoms with Crippen LogP contribution in [0.2, 0.25) is 0 Å². The van der Waals surface area contributed by atoms with Crippen molar-refractivity contribution in [3.63, 3.8) is 0 Å². The third-order valence-electron chi connectivity index (χ3n) is 5.73. The molecule has 2 aliphatic rings. The molecule has 2 aromatic rings. The molecule has 0 spiro atoms. The molecular formula is C24H28FN3O4. The van der Waals surface area contributed by atoms with E-state index in [4.69, 9.17) is 9.57 Å². The van der Waals surface area contributed by atoms with Crippen molar-refractivity contribution in [3.8, 4) is 0 Å². The fourth-order valence-electron chi connectivity index (χ4n) is 4.01. The first-order valence-corrected chi connectivity index (χ1v) is 10.9. The van der Waals surface area contributed by atoms with Crippen molar-refractivity contribution >= 4 is 23.3 Å². The second-order valence-corrected chi connectivity index (χ2v) is 8.16. The summed E-state index contributed by atoms with van der Waals surface area (Å²) in [5, 5.41) is 1.91. The lowest BCUT2D eigenvalue weighted by atomic mass is 10.1. The van der Waals surface area contributed by atoms with Crippen LogP contribution in [-0.4, -0.2) is 55.8 Å². The summed E-state index contributed by atoms with van der Waals surface area (Å²) in [5.41, 5.74) is 2.11. The first kappa shape index (κ1) is 22.2. The molecule has 1 atom stereocenters. The standard InChI is InChI=1S/C24H28FN3O4/c1-18(29)7-9-21-17-28(24(30)32-21)20-8-10-23(22(25)15-20)26-11-12-27(31-14-13-26)16-19-5-3-2-4-6-19/h2-6,8,10,15,21H,7,9,11-14,16-17H2,1H3/t21-/m0/s1. The second kappa shape index (κ2) is 10.1. The van der Waals surface area contributed by atoms with Crippen LogP contribution in [-0.2, 0) is 20.9 Å². The molecule has 0 aliphatic carbocycles. The Labute approximate surface area is 187 Å². The molecule has 2 aliphatic heterocycles. The number of cyclic esters (lactones) is 1. The molecular weight excluding hydrogens is 413 g/mol. The Morgan fingerprint density at radius 1 is 1.12 bits per heavy atom. The molecule has 2 saturated heterocycles. The van der Waals surface area contributed by atoms with E-state index in [-0.39, 0.29) is 17.7 Å². The number of ketones is 1. The Morgan fingerprint density at radius 3 is 2.69 bits per heavy atom. The van der Waals surface area contributed by atoms with Gasteiger partial charge in [-0.15, -0.1) is 0 Å². The minimum Gasteiger partial charge on any atom is -0.444 e. The monoisotopic (exact) mass is 441 g/mol. The van der Waals surface area contributed by atoms with Gasteiger partial charge in [0.25, 0.3) is 0 Å². The number of hydrogen-bond acceptors (Lipinski definition) is 6. The predicted octanol–water partition coefficient (Wildman–Crippen LogP) is 3.77. The quantitative estimate of drug-likeness (QED) is 0.652. The number of carbonyl (C=O) groups excluding carboxylic acids is 2. The summed E-state index contributed by atoms with van der Waals surface area (Å²) in [6.07, 6.45) is -0.0269. The van der Waals surface area contributed by atoms with Crippen LogP contribution in [0.25, 0.3) is 0 Å². The van der Waals surface area contributed by atoms with Gasteiger partial charge in [0.2, 0.25) is 0 Å². The lowest BCUT2D eigenvalue weighted by Gasteiger charge is -2.24. The van der Waals surface area contributed by atoms with Crippen LogP contribution < -0.4 is 9.80 Å². The Bertz CT molecular complexity index is 956. The molecule has 0 radical (unpaired) electrons. The van der Waals surface area contributed by atoms with E-state index in [2.05, 4.69) is 12.1 Å². The van der Waals surface area contributed by atoms with Crippen LogP contribution in [0.1, 0.15) is 25.3 Å². The van der Waals surface area contributed by atoms with E-state index >= 15 is 4.39 Å². The topological polar surface area (TPSA) is 62.3 Å². The number of carbonyl (C=O) groups is 2. The highest BCUT2D eigenvalue weighted by Crippen LogP contribution is 2.29. The maximum atomic E-state index is 15.0. The van der Waals surface area contributed by atoms with E-state index in [9.17, 15) is 9.59 Å². The largest absolute Gasteiger partial charge is 0.444 e. The van der Waals surface area contributed by atoms with Gasteiger partial charge in [-0.1, -0.05) is 30.3 Å². The summed E-state index contributed by atoms with van der Waals surface area (Å²) in [7, 11) is 0. The Morgan fingerprint density at radius 2 is 1.94 bits per heavy atom. The Balaban J connectivity index is 1.38. The van der Waals surface area contributed by atoms with Gasteiger partial charge in [-0.2, -0.15) is 5.06 Å². The molecule has 7 nitrogen and oxygen atoms in total. The summed E-state index contributed by atoms with van der Waals surface area (Å²) in [6.45, 7) is 4.81. The summed E-state index contributed by atoms with van der Waals surface area (Å²) in [5.74, 6) is -0.336. The van der Waals surface area contributed by atoms with E-state index in [1.165, 1.54) is 17.9 Å². The van der Waals surface area contributed by atoms with Gasteiger partial charge in [0, 0.05) is 32.6 Å². The van der Waals surface area contributed by atoms with Crippen LogP contribution in [0, 0.1) is 5.82 Å². The van der Waals surface area contributed by atoms with Gasteiger partial charge in [-0.25, -0.2) is 9.18 Å². The number of halogens is 1. The fraction of sp³-hybridized carbons (Fsp3) is 0.417. The number of rotatable bonds is 7. The van der Waals surface area contributed by atoms with Crippen molar-refractivity contribution in [1.82, 2.24) is 5.06 Å². The van der Waals surface area contributed by atoms with Crippen LogP contribution in [0.4, 0.5) is 20.6 Å².